The van der Waals surface area contributed by atoms with E-state index in [4.69, 9.17) is 0 Å². The van der Waals surface area contributed by atoms with Crippen molar-refractivity contribution in [2.24, 2.45) is 0 Å². The molecule has 1 N–H and O–H groups in total. The molecule has 0 fully saturated rings. The number of nitrogens with zero attached hydrogens (tertiary/aromatic N) is 4. The van der Waals surface area contributed by atoms with Gasteiger partial charge in [-0.1, -0.05) is 39.0 Å². The van der Waals surface area contributed by atoms with E-state index in [1.54, 1.807) is 47.6 Å². The van der Waals surface area contributed by atoms with E-state index >= 15 is 0 Å². The molecule has 0 radical (unpaired) electrons. The van der Waals surface area contributed by atoms with Crippen molar-refractivity contribution in [3.63, 3.8) is 0 Å². The van der Waals surface area contributed by atoms with Gasteiger partial charge in [-0.25, -0.2) is 8.42 Å². The maximum atomic E-state index is 13.9. The number of sulfonamides is 1. The zero-order chi connectivity index (χ0) is 25.9. The van der Waals surface area contributed by atoms with Crippen LogP contribution in [-0.2, 0) is 26.8 Å². The molecule has 0 saturated heterocycles. The van der Waals surface area contributed by atoms with Crippen LogP contribution in [0.2, 0.25) is 0 Å². The fourth-order valence-corrected chi connectivity index (χ4v) is 5.34. The first-order chi connectivity index (χ1) is 17.1. The number of nitrogens with one attached hydrogen (secondary N) is 1. The Balaban J connectivity index is 1.70. The molecule has 4 aromatic rings. The summed E-state index contributed by atoms with van der Waals surface area (Å²) in [4.78, 5) is 19.4. The van der Waals surface area contributed by atoms with Crippen LogP contribution < -0.4 is 4.31 Å². The molecule has 188 valence electrons. The lowest BCUT2D eigenvalue weighted by atomic mass is 9.87. The predicted molar refractivity (Wildman–Crippen MR) is 141 cm³/mol. The minimum Gasteiger partial charge on any atom is -0.336 e. The number of aromatic nitrogens is 3. The molecule has 0 aliphatic carbocycles. The van der Waals surface area contributed by atoms with Gasteiger partial charge in [-0.3, -0.25) is 19.2 Å². The Kier molecular flexibility index (Phi) is 7.12. The van der Waals surface area contributed by atoms with Crippen molar-refractivity contribution in [1.82, 2.24) is 20.1 Å². The Morgan fingerprint density at radius 1 is 1.03 bits per heavy atom. The first-order valence-electron chi connectivity index (χ1n) is 11.8. The molecule has 2 aromatic heterocycles. The van der Waals surface area contributed by atoms with Crippen LogP contribution >= 0.6 is 0 Å². The maximum Gasteiger partial charge on any atom is 0.264 e. The van der Waals surface area contributed by atoms with Gasteiger partial charge in [-0.2, -0.15) is 5.10 Å². The van der Waals surface area contributed by atoms with Crippen LogP contribution in [0.3, 0.4) is 0 Å². The molecular formula is C27H31N5O3S. The minimum absolute atomic E-state index is 0.114. The third kappa shape index (κ3) is 5.41. The van der Waals surface area contributed by atoms with Gasteiger partial charge in [0.25, 0.3) is 10.0 Å². The van der Waals surface area contributed by atoms with Crippen LogP contribution in [0.15, 0.2) is 78.0 Å². The Bertz CT molecular complexity index is 1440. The van der Waals surface area contributed by atoms with Gasteiger partial charge in [0, 0.05) is 18.1 Å². The minimum atomic E-state index is -4.04. The van der Waals surface area contributed by atoms with Crippen LogP contribution in [0.1, 0.15) is 39.0 Å². The number of likely N-dealkylation sites (N-methyl/N-ethyl adjacent to an activating group) is 1. The molecule has 2 heterocycles. The topological polar surface area (TPSA) is 99.3 Å². The van der Waals surface area contributed by atoms with E-state index in [2.05, 4.69) is 36.0 Å². The summed E-state index contributed by atoms with van der Waals surface area (Å²) in [6.07, 6.45) is 3.34. The normalized spacial score (nSPS) is 12.0. The molecule has 2 aromatic carbocycles. The summed E-state index contributed by atoms with van der Waals surface area (Å²) in [5.41, 5.74) is 2.71. The van der Waals surface area contributed by atoms with E-state index in [-0.39, 0.29) is 22.8 Å². The highest BCUT2D eigenvalue weighted by Crippen LogP contribution is 2.29. The number of hydrogen-bond acceptors (Lipinski definition) is 5. The highest BCUT2D eigenvalue weighted by Gasteiger charge is 2.29. The number of aromatic amines is 1. The largest absolute Gasteiger partial charge is 0.336 e. The molecule has 1 amide bonds. The fraction of sp³-hybridized carbons (Fsp3) is 0.296. The molecule has 0 unspecified atom stereocenters. The molecule has 0 aliphatic heterocycles. The third-order valence-electron chi connectivity index (χ3n) is 6.11. The van der Waals surface area contributed by atoms with Gasteiger partial charge < -0.3 is 4.90 Å². The zero-order valence-electron chi connectivity index (χ0n) is 21.0. The van der Waals surface area contributed by atoms with E-state index in [0.29, 0.717) is 24.3 Å². The first-order valence-corrected chi connectivity index (χ1v) is 13.3. The van der Waals surface area contributed by atoms with E-state index in [1.165, 1.54) is 4.31 Å². The number of benzene rings is 2. The number of amides is 1. The van der Waals surface area contributed by atoms with Gasteiger partial charge in [0.1, 0.15) is 6.54 Å². The van der Waals surface area contributed by atoms with E-state index < -0.39 is 10.0 Å². The molecular weight excluding hydrogens is 474 g/mol. The number of H-pyrrole nitrogens is 1. The number of carbonyl (C=O) groups excluding carboxylic acids is 1. The van der Waals surface area contributed by atoms with Gasteiger partial charge in [0.05, 0.1) is 34.5 Å². The molecule has 0 aliphatic rings. The highest BCUT2D eigenvalue weighted by atomic mass is 32.2. The number of anilines is 1. The Morgan fingerprint density at radius 2 is 1.78 bits per heavy atom. The lowest BCUT2D eigenvalue weighted by Gasteiger charge is -2.28. The lowest BCUT2D eigenvalue weighted by molar-refractivity contribution is -0.130. The van der Waals surface area contributed by atoms with Crippen LogP contribution in [-0.4, -0.2) is 47.5 Å². The van der Waals surface area contributed by atoms with Gasteiger partial charge in [-0.05, 0) is 60.4 Å². The van der Waals surface area contributed by atoms with Gasteiger partial charge in [0.15, 0.2) is 0 Å². The summed E-state index contributed by atoms with van der Waals surface area (Å²) in [6, 6.07) is 17.6. The van der Waals surface area contributed by atoms with Gasteiger partial charge in [0.2, 0.25) is 5.91 Å². The molecule has 0 saturated carbocycles. The highest BCUT2D eigenvalue weighted by molar-refractivity contribution is 7.92. The van der Waals surface area contributed by atoms with Crippen LogP contribution in [0.5, 0.6) is 0 Å². The second-order valence-corrected chi connectivity index (χ2v) is 11.5. The Morgan fingerprint density at radius 3 is 2.42 bits per heavy atom. The van der Waals surface area contributed by atoms with Crippen molar-refractivity contribution in [2.75, 3.05) is 17.4 Å². The third-order valence-corrected chi connectivity index (χ3v) is 7.90. The van der Waals surface area contributed by atoms with E-state index in [1.807, 2.05) is 37.3 Å². The monoisotopic (exact) mass is 505 g/mol. The second kappa shape index (κ2) is 10.1. The Hall–Kier alpha value is -3.72. The molecule has 9 heteroatoms. The molecule has 36 heavy (non-hydrogen) atoms. The summed E-state index contributed by atoms with van der Waals surface area (Å²) in [7, 11) is -4.04. The SMILES string of the molecule is CCN(Cc1ccccn1)C(=O)CN(c1ccc2cn[nH]c2c1)S(=O)(=O)c1ccc(C(C)(C)C)cc1. The predicted octanol–water partition coefficient (Wildman–Crippen LogP) is 4.50. The number of rotatable bonds is 8. The standard InChI is InChI=1S/C27H31N5O3S/c1-5-31(18-22-8-6-7-15-28-22)26(33)19-32(23-12-9-20-17-29-30-25(20)16-23)36(34,35)24-13-10-21(11-14-24)27(2,3)4/h6-17H,5,18-19H2,1-4H3,(H,29,30). The quantitative estimate of drug-likeness (QED) is 0.380. The average molecular weight is 506 g/mol. The Labute approximate surface area is 212 Å². The van der Waals surface area contributed by atoms with E-state index in [0.717, 1.165) is 16.6 Å². The van der Waals surface area contributed by atoms with Crippen molar-refractivity contribution >= 4 is 32.5 Å². The van der Waals surface area contributed by atoms with Crippen molar-refractivity contribution < 1.29 is 13.2 Å². The summed E-state index contributed by atoms with van der Waals surface area (Å²) < 4.78 is 28.9. The molecule has 4 rings (SSSR count). The maximum absolute atomic E-state index is 13.9. The fourth-order valence-electron chi connectivity index (χ4n) is 3.94. The smallest absolute Gasteiger partial charge is 0.264 e. The summed E-state index contributed by atoms with van der Waals surface area (Å²) >= 11 is 0. The first kappa shape index (κ1) is 25.4. The number of fused-ring (bicyclic) bond motifs is 1. The van der Waals surface area contributed by atoms with Gasteiger partial charge in [-0.15, -0.1) is 0 Å². The molecule has 0 bridgehead atoms. The van der Waals surface area contributed by atoms with Crippen LogP contribution in [0, 0.1) is 0 Å². The van der Waals surface area contributed by atoms with Gasteiger partial charge >= 0.3 is 0 Å². The number of hydrogen-bond donors (Lipinski definition) is 1. The van der Waals surface area contributed by atoms with Crippen molar-refractivity contribution in [3.05, 3.63) is 84.3 Å². The summed E-state index contributed by atoms with van der Waals surface area (Å²) in [6.45, 7) is 8.45. The number of carbonyl (C=O) groups is 1. The number of pyridine rings is 1. The molecule has 8 nitrogen and oxygen atoms in total. The zero-order valence-corrected chi connectivity index (χ0v) is 21.8. The summed E-state index contributed by atoms with van der Waals surface area (Å²) in [5, 5.41) is 7.75. The molecule has 0 atom stereocenters. The van der Waals surface area contributed by atoms with Crippen LogP contribution in [0.25, 0.3) is 10.9 Å². The van der Waals surface area contributed by atoms with E-state index in [9.17, 15) is 13.2 Å². The average Bonchev–Trinajstić information content (AvgIpc) is 3.33. The second-order valence-electron chi connectivity index (χ2n) is 9.66. The summed E-state index contributed by atoms with van der Waals surface area (Å²) in [5.74, 6) is -0.317. The van der Waals surface area contributed by atoms with Crippen molar-refractivity contribution in [3.8, 4) is 0 Å². The van der Waals surface area contributed by atoms with Crippen molar-refractivity contribution in [2.45, 2.75) is 44.6 Å². The van der Waals surface area contributed by atoms with Crippen LogP contribution in [0.4, 0.5) is 5.69 Å². The van der Waals surface area contributed by atoms with Crippen molar-refractivity contribution in [1.29, 1.82) is 0 Å². The molecule has 0 spiro atoms. The lowest BCUT2D eigenvalue weighted by Crippen LogP contribution is -2.43.